The smallest absolute Gasteiger partial charge is 0.129 e. The van der Waals surface area contributed by atoms with Crippen LogP contribution in [-0.2, 0) is 6.42 Å². The van der Waals surface area contributed by atoms with Crippen molar-refractivity contribution in [3.8, 4) is 0 Å². The van der Waals surface area contributed by atoms with Crippen LogP contribution < -0.4 is 5.32 Å². The normalized spacial score (nSPS) is 12.6. The van der Waals surface area contributed by atoms with E-state index < -0.39 is 11.6 Å². The van der Waals surface area contributed by atoms with Gasteiger partial charge in [0.15, 0.2) is 0 Å². The van der Waals surface area contributed by atoms with Crippen molar-refractivity contribution in [3.05, 3.63) is 47.3 Å². The number of benzene rings is 1. The average molecular weight is 266 g/mol. The van der Waals surface area contributed by atoms with E-state index in [4.69, 9.17) is 0 Å². The molecule has 0 aliphatic carbocycles. The average Bonchev–Trinajstić information content (AvgIpc) is 2.91. The summed E-state index contributed by atoms with van der Waals surface area (Å²) in [6.45, 7) is 2.77. The number of aromatic amines is 1. The lowest BCUT2D eigenvalue weighted by Crippen LogP contribution is -2.25. The second-order valence-corrected chi connectivity index (χ2v) is 4.31. The zero-order valence-electron chi connectivity index (χ0n) is 10.7. The van der Waals surface area contributed by atoms with E-state index in [1.807, 2.05) is 6.92 Å². The minimum atomic E-state index is -0.535. The molecule has 6 heteroatoms. The lowest BCUT2D eigenvalue weighted by Gasteiger charge is -2.16. The summed E-state index contributed by atoms with van der Waals surface area (Å²) in [5.74, 6) is -1.07. The van der Waals surface area contributed by atoms with Gasteiger partial charge in [0.1, 0.15) is 11.6 Å². The van der Waals surface area contributed by atoms with Gasteiger partial charge in [0.2, 0.25) is 0 Å². The first-order chi connectivity index (χ1) is 9.22. The van der Waals surface area contributed by atoms with Crippen LogP contribution in [-0.4, -0.2) is 22.0 Å². The summed E-state index contributed by atoms with van der Waals surface area (Å²) in [6.07, 6.45) is 2.69. The molecule has 0 spiro atoms. The summed E-state index contributed by atoms with van der Waals surface area (Å²) in [4.78, 5) is 0. The van der Waals surface area contributed by atoms with E-state index in [-0.39, 0.29) is 18.0 Å². The Bertz CT molecular complexity index is 493. The Labute approximate surface area is 110 Å². The summed E-state index contributed by atoms with van der Waals surface area (Å²) < 4.78 is 27.3. The highest BCUT2D eigenvalue weighted by Crippen LogP contribution is 2.20. The number of nitrogens with one attached hydrogen (secondary N) is 2. The molecule has 0 saturated carbocycles. The van der Waals surface area contributed by atoms with Crippen LogP contribution in [0.15, 0.2) is 24.4 Å². The molecule has 2 N–H and O–H groups in total. The van der Waals surface area contributed by atoms with E-state index in [0.29, 0.717) is 5.69 Å². The zero-order valence-corrected chi connectivity index (χ0v) is 10.7. The van der Waals surface area contributed by atoms with Crippen molar-refractivity contribution >= 4 is 0 Å². The minimum absolute atomic E-state index is 0.0686. The van der Waals surface area contributed by atoms with Crippen LogP contribution in [0.1, 0.15) is 30.6 Å². The summed E-state index contributed by atoms with van der Waals surface area (Å²) in [7, 11) is 0. The van der Waals surface area contributed by atoms with Crippen molar-refractivity contribution < 1.29 is 8.78 Å². The van der Waals surface area contributed by atoms with Crippen LogP contribution >= 0.6 is 0 Å². The molecule has 1 heterocycles. The molecule has 0 saturated heterocycles. The number of aromatic nitrogens is 3. The molecule has 102 valence electrons. The fourth-order valence-corrected chi connectivity index (χ4v) is 1.91. The molecule has 4 nitrogen and oxygen atoms in total. The van der Waals surface area contributed by atoms with Gasteiger partial charge < -0.3 is 5.32 Å². The van der Waals surface area contributed by atoms with Gasteiger partial charge in [-0.2, -0.15) is 15.4 Å². The van der Waals surface area contributed by atoms with Crippen LogP contribution in [0.2, 0.25) is 0 Å². The summed E-state index contributed by atoms with van der Waals surface area (Å²) in [6, 6.07) is 3.62. The van der Waals surface area contributed by atoms with Gasteiger partial charge in [0.25, 0.3) is 0 Å². The van der Waals surface area contributed by atoms with Crippen molar-refractivity contribution in [2.75, 3.05) is 6.54 Å². The molecule has 1 atom stereocenters. The fourth-order valence-electron chi connectivity index (χ4n) is 1.91. The first kappa shape index (κ1) is 13.6. The Morgan fingerprint density at radius 2 is 2.05 bits per heavy atom. The number of hydrogen-bond donors (Lipinski definition) is 2. The Morgan fingerprint density at radius 1 is 1.32 bits per heavy atom. The van der Waals surface area contributed by atoms with E-state index in [9.17, 15) is 8.78 Å². The molecule has 19 heavy (non-hydrogen) atoms. The molecular weight excluding hydrogens is 250 g/mol. The maximum absolute atomic E-state index is 13.7. The van der Waals surface area contributed by atoms with Gasteiger partial charge in [-0.15, -0.1) is 0 Å². The third kappa shape index (κ3) is 3.35. The highest BCUT2D eigenvalue weighted by atomic mass is 19.1. The van der Waals surface area contributed by atoms with Crippen LogP contribution in [0.4, 0.5) is 8.78 Å². The molecule has 2 rings (SSSR count). The largest absolute Gasteiger partial charge is 0.308 e. The topological polar surface area (TPSA) is 53.6 Å². The standard InChI is InChI=1S/C13H16F2N4/c1-2-6-16-12(13-8-17-19-18-13)7-9-10(14)4-3-5-11(9)15/h3-5,8,12,16H,2,6-7H2,1H3,(H,17,18,19). The van der Waals surface area contributed by atoms with Gasteiger partial charge in [-0.3, -0.25) is 0 Å². The summed E-state index contributed by atoms with van der Waals surface area (Å²) >= 11 is 0. The molecule has 0 aliphatic heterocycles. The van der Waals surface area contributed by atoms with Gasteiger partial charge in [-0.05, 0) is 31.5 Å². The molecular formula is C13H16F2N4. The second kappa shape index (κ2) is 6.38. The Balaban J connectivity index is 2.20. The van der Waals surface area contributed by atoms with Gasteiger partial charge >= 0.3 is 0 Å². The molecule has 1 unspecified atom stereocenters. The predicted octanol–water partition coefficient (Wildman–Crippen LogP) is 2.37. The maximum Gasteiger partial charge on any atom is 0.129 e. The van der Waals surface area contributed by atoms with E-state index in [0.717, 1.165) is 13.0 Å². The Morgan fingerprint density at radius 3 is 2.63 bits per heavy atom. The number of halogens is 2. The molecule has 0 fully saturated rings. The van der Waals surface area contributed by atoms with Gasteiger partial charge in [-0.1, -0.05) is 13.0 Å². The first-order valence-electron chi connectivity index (χ1n) is 6.24. The molecule has 0 aliphatic rings. The van der Waals surface area contributed by atoms with Crippen molar-refractivity contribution in [1.82, 2.24) is 20.7 Å². The van der Waals surface area contributed by atoms with Gasteiger partial charge in [-0.25, -0.2) is 8.78 Å². The number of H-pyrrole nitrogens is 1. The molecule has 0 radical (unpaired) electrons. The molecule has 0 amide bonds. The highest BCUT2D eigenvalue weighted by molar-refractivity contribution is 5.22. The van der Waals surface area contributed by atoms with E-state index >= 15 is 0 Å². The van der Waals surface area contributed by atoms with Crippen LogP contribution in [0, 0.1) is 11.6 Å². The molecule has 1 aromatic carbocycles. The molecule has 2 aromatic rings. The predicted molar refractivity (Wildman–Crippen MR) is 67.5 cm³/mol. The first-order valence-corrected chi connectivity index (χ1v) is 6.24. The Kier molecular flexibility index (Phi) is 4.57. The van der Waals surface area contributed by atoms with Crippen LogP contribution in [0.3, 0.4) is 0 Å². The summed E-state index contributed by atoms with van der Waals surface area (Å²) in [5.41, 5.74) is 0.718. The highest BCUT2D eigenvalue weighted by Gasteiger charge is 2.18. The quantitative estimate of drug-likeness (QED) is 0.844. The third-order valence-electron chi connectivity index (χ3n) is 2.90. The number of nitrogens with zero attached hydrogens (tertiary/aromatic N) is 2. The van der Waals surface area contributed by atoms with Crippen LogP contribution in [0.5, 0.6) is 0 Å². The number of rotatable bonds is 6. The monoisotopic (exact) mass is 266 g/mol. The van der Waals surface area contributed by atoms with Gasteiger partial charge in [0.05, 0.1) is 17.9 Å². The van der Waals surface area contributed by atoms with E-state index in [1.54, 1.807) is 6.20 Å². The molecule has 0 bridgehead atoms. The van der Waals surface area contributed by atoms with Crippen molar-refractivity contribution in [2.45, 2.75) is 25.8 Å². The van der Waals surface area contributed by atoms with Crippen molar-refractivity contribution in [1.29, 1.82) is 0 Å². The third-order valence-corrected chi connectivity index (χ3v) is 2.90. The minimum Gasteiger partial charge on any atom is -0.308 e. The maximum atomic E-state index is 13.7. The lowest BCUT2D eigenvalue weighted by molar-refractivity contribution is 0.482. The van der Waals surface area contributed by atoms with Gasteiger partial charge in [0, 0.05) is 5.56 Å². The lowest BCUT2D eigenvalue weighted by atomic mass is 10.0. The fraction of sp³-hybridized carbons (Fsp3) is 0.385. The van der Waals surface area contributed by atoms with E-state index in [1.165, 1.54) is 18.2 Å². The zero-order chi connectivity index (χ0) is 13.7. The second-order valence-electron chi connectivity index (χ2n) is 4.31. The van der Waals surface area contributed by atoms with Crippen LogP contribution in [0.25, 0.3) is 0 Å². The summed E-state index contributed by atoms with van der Waals surface area (Å²) in [5, 5.41) is 13.4. The number of hydrogen-bond acceptors (Lipinski definition) is 3. The van der Waals surface area contributed by atoms with Crippen molar-refractivity contribution in [3.63, 3.8) is 0 Å². The SMILES string of the molecule is CCCNC(Cc1c(F)cccc1F)c1cn[nH]n1. The van der Waals surface area contributed by atoms with E-state index in [2.05, 4.69) is 20.7 Å². The Hall–Kier alpha value is -1.82. The molecule has 1 aromatic heterocycles. The van der Waals surface area contributed by atoms with Crippen molar-refractivity contribution in [2.24, 2.45) is 0 Å².